The van der Waals surface area contributed by atoms with Crippen LogP contribution in [0, 0.1) is 5.92 Å². The van der Waals surface area contributed by atoms with Gasteiger partial charge < -0.3 is 9.84 Å². The number of aliphatic hydroxyl groups is 1. The van der Waals surface area contributed by atoms with Gasteiger partial charge in [0.25, 0.3) is 0 Å². The molecular weight excluding hydrogens is 216 g/mol. The normalized spacial score (nSPS) is 15.2. The lowest BCUT2D eigenvalue weighted by Gasteiger charge is -2.31. The Balaban J connectivity index is 2.89. The summed E-state index contributed by atoms with van der Waals surface area (Å²) in [6.45, 7) is 6.44. The van der Waals surface area contributed by atoms with Crippen LogP contribution in [-0.4, -0.2) is 34.2 Å². The third-order valence-electron chi connectivity index (χ3n) is 3.35. The van der Waals surface area contributed by atoms with E-state index in [9.17, 15) is 5.11 Å². The van der Waals surface area contributed by atoms with Gasteiger partial charge in [0.1, 0.15) is 0 Å². The fourth-order valence-corrected chi connectivity index (χ4v) is 1.90. The maximum atomic E-state index is 10.6. The molecule has 17 heavy (non-hydrogen) atoms. The van der Waals surface area contributed by atoms with Crippen molar-refractivity contribution in [2.45, 2.75) is 39.2 Å². The van der Waals surface area contributed by atoms with Crippen LogP contribution >= 0.6 is 0 Å². The van der Waals surface area contributed by atoms with Gasteiger partial charge in [0.05, 0.1) is 17.9 Å². The molecule has 0 saturated heterocycles. The zero-order valence-electron chi connectivity index (χ0n) is 11.5. The van der Waals surface area contributed by atoms with Crippen molar-refractivity contribution >= 4 is 0 Å². The molecule has 0 aromatic carbocycles. The van der Waals surface area contributed by atoms with E-state index in [0.29, 0.717) is 13.0 Å². The summed E-state index contributed by atoms with van der Waals surface area (Å²) in [5.41, 5.74) is 1.29. The molecule has 0 spiro atoms. The molecule has 1 unspecified atom stereocenters. The summed E-state index contributed by atoms with van der Waals surface area (Å²) in [5.74, 6) is 0.141. The zero-order chi connectivity index (χ0) is 13.1. The molecule has 98 valence electrons. The summed E-state index contributed by atoms with van der Waals surface area (Å²) in [4.78, 5) is 0. The van der Waals surface area contributed by atoms with Crippen molar-refractivity contribution in [1.29, 1.82) is 0 Å². The molecule has 4 heteroatoms. The third kappa shape index (κ3) is 3.30. The van der Waals surface area contributed by atoms with Crippen molar-refractivity contribution < 1.29 is 9.84 Å². The topological polar surface area (TPSA) is 47.3 Å². The van der Waals surface area contributed by atoms with E-state index >= 15 is 0 Å². The highest BCUT2D eigenvalue weighted by Gasteiger charge is 2.32. The number of aryl methyl sites for hydroxylation is 2. The average molecular weight is 240 g/mol. The molecule has 0 bridgehead atoms. The highest BCUT2D eigenvalue weighted by atomic mass is 16.5. The van der Waals surface area contributed by atoms with E-state index < -0.39 is 5.60 Å². The quantitative estimate of drug-likeness (QED) is 0.821. The lowest BCUT2D eigenvalue weighted by molar-refractivity contribution is -0.0648. The number of methoxy groups -OCH3 is 1. The van der Waals surface area contributed by atoms with Crippen LogP contribution in [0.3, 0.4) is 0 Å². The van der Waals surface area contributed by atoms with E-state index in [-0.39, 0.29) is 5.92 Å². The summed E-state index contributed by atoms with van der Waals surface area (Å²) < 4.78 is 6.98. The van der Waals surface area contributed by atoms with Gasteiger partial charge in [-0.2, -0.15) is 5.10 Å². The molecule has 1 N–H and O–H groups in total. The summed E-state index contributed by atoms with van der Waals surface area (Å²) in [6, 6.07) is 2.06. The second-order valence-electron chi connectivity index (χ2n) is 4.97. The Morgan fingerprint density at radius 2 is 2.18 bits per heavy atom. The van der Waals surface area contributed by atoms with Crippen LogP contribution in [0.2, 0.25) is 0 Å². The summed E-state index contributed by atoms with van der Waals surface area (Å²) in [5, 5.41) is 15.0. The summed E-state index contributed by atoms with van der Waals surface area (Å²) >= 11 is 0. The van der Waals surface area contributed by atoms with Crippen LogP contribution < -0.4 is 0 Å². The Morgan fingerprint density at radius 1 is 1.53 bits per heavy atom. The predicted molar refractivity (Wildman–Crippen MR) is 68.0 cm³/mol. The number of ether oxygens (including phenoxy) is 1. The van der Waals surface area contributed by atoms with E-state index in [2.05, 4.69) is 18.1 Å². The minimum absolute atomic E-state index is 0.141. The Bertz CT molecular complexity index is 360. The van der Waals surface area contributed by atoms with Crippen LogP contribution in [0.5, 0.6) is 0 Å². The summed E-state index contributed by atoms with van der Waals surface area (Å²) in [7, 11) is 3.54. The third-order valence-corrected chi connectivity index (χ3v) is 3.35. The summed E-state index contributed by atoms with van der Waals surface area (Å²) in [6.07, 6.45) is 1.49. The number of aromatic nitrogens is 2. The molecule has 0 aliphatic heterocycles. The van der Waals surface area contributed by atoms with Gasteiger partial charge in [-0.3, -0.25) is 4.68 Å². The molecule has 1 aromatic rings. The minimum atomic E-state index is -0.826. The van der Waals surface area contributed by atoms with Gasteiger partial charge in [0, 0.05) is 26.3 Å². The fourth-order valence-electron chi connectivity index (χ4n) is 1.90. The Morgan fingerprint density at radius 3 is 2.59 bits per heavy atom. The lowest BCUT2D eigenvalue weighted by Crippen LogP contribution is -2.42. The van der Waals surface area contributed by atoms with Crippen molar-refractivity contribution in [3.05, 3.63) is 17.5 Å². The average Bonchev–Trinajstić information content (AvgIpc) is 2.59. The van der Waals surface area contributed by atoms with E-state index in [1.54, 1.807) is 7.11 Å². The predicted octanol–water partition coefficient (Wildman–Crippen LogP) is 1.56. The van der Waals surface area contributed by atoms with Crippen molar-refractivity contribution in [2.24, 2.45) is 13.0 Å². The molecule has 1 aromatic heterocycles. The molecule has 0 radical (unpaired) electrons. The highest BCUT2D eigenvalue weighted by Crippen LogP contribution is 2.23. The lowest BCUT2D eigenvalue weighted by atomic mass is 9.86. The highest BCUT2D eigenvalue weighted by molar-refractivity contribution is 5.13. The minimum Gasteiger partial charge on any atom is -0.387 e. The smallest absolute Gasteiger partial charge is 0.0957 e. The maximum absolute atomic E-state index is 10.6. The Hall–Kier alpha value is -0.870. The van der Waals surface area contributed by atoms with Gasteiger partial charge in [0.15, 0.2) is 0 Å². The zero-order valence-corrected chi connectivity index (χ0v) is 11.5. The van der Waals surface area contributed by atoms with Crippen molar-refractivity contribution in [2.75, 3.05) is 13.7 Å². The first kappa shape index (κ1) is 14.2. The molecule has 0 amide bonds. The molecule has 4 nitrogen and oxygen atoms in total. The van der Waals surface area contributed by atoms with Gasteiger partial charge in [-0.25, -0.2) is 0 Å². The Labute approximate surface area is 104 Å². The molecule has 0 fully saturated rings. The second-order valence-corrected chi connectivity index (χ2v) is 4.97. The van der Waals surface area contributed by atoms with Crippen LogP contribution in [0.1, 0.15) is 32.2 Å². The molecule has 0 aliphatic carbocycles. The largest absolute Gasteiger partial charge is 0.387 e. The second kappa shape index (κ2) is 5.65. The van der Waals surface area contributed by atoms with Crippen molar-refractivity contribution in [3.63, 3.8) is 0 Å². The molecule has 1 atom stereocenters. The molecule has 1 heterocycles. The number of hydrogen-bond donors (Lipinski definition) is 1. The van der Waals surface area contributed by atoms with Crippen molar-refractivity contribution in [3.8, 4) is 0 Å². The van der Waals surface area contributed by atoms with Crippen LogP contribution in [-0.2, 0) is 24.6 Å². The molecular formula is C13H24N2O2. The fraction of sp³-hybridized carbons (Fsp3) is 0.769. The SMILES string of the molecule is CCc1cc(CC(O)(COC)C(C)C)n(C)n1. The van der Waals surface area contributed by atoms with Gasteiger partial charge in [-0.1, -0.05) is 20.8 Å². The Kier molecular flexibility index (Phi) is 4.71. The standard InChI is InChI=1S/C13H24N2O2/c1-6-11-7-12(15(4)14-11)8-13(16,9-17-5)10(2)3/h7,10,16H,6,8-9H2,1-5H3. The first-order chi connectivity index (χ1) is 7.92. The van der Waals surface area contributed by atoms with Crippen LogP contribution in [0.4, 0.5) is 0 Å². The first-order valence-corrected chi connectivity index (χ1v) is 6.16. The van der Waals surface area contributed by atoms with E-state index in [1.807, 2.05) is 25.6 Å². The monoisotopic (exact) mass is 240 g/mol. The van der Waals surface area contributed by atoms with E-state index in [1.165, 1.54) is 0 Å². The first-order valence-electron chi connectivity index (χ1n) is 6.16. The number of nitrogens with zero attached hydrogens (tertiary/aromatic N) is 2. The molecule has 1 rings (SSSR count). The van der Waals surface area contributed by atoms with Gasteiger partial charge in [-0.05, 0) is 18.4 Å². The molecule has 0 aliphatic rings. The van der Waals surface area contributed by atoms with E-state index in [4.69, 9.17) is 4.74 Å². The van der Waals surface area contributed by atoms with Gasteiger partial charge in [0.2, 0.25) is 0 Å². The number of hydrogen-bond acceptors (Lipinski definition) is 3. The van der Waals surface area contributed by atoms with Crippen LogP contribution in [0.25, 0.3) is 0 Å². The van der Waals surface area contributed by atoms with Gasteiger partial charge in [-0.15, -0.1) is 0 Å². The van der Waals surface area contributed by atoms with Crippen LogP contribution in [0.15, 0.2) is 6.07 Å². The molecule has 0 saturated carbocycles. The van der Waals surface area contributed by atoms with Crippen molar-refractivity contribution in [1.82, 2.24) is 9.78 Å². The van der Waals surface area contributed by atoms with E-state index in [0.717, 1.165) is 17.8 Å². The maximum Gasteiger partial charge on any atom is 0.0957 e. The van der Waals surface area contributed by atoms with Gasteiger partial charge >= 0.3 is 0 Å². The number of rotatable bonds is 6.